The van der Waals surface area contributed by atoms with E-state index in [4.69, 9.17) is 11.6 Å². The van der Waals surface area contributed by atoms with Crippen LogP contribution in [0.25, 0.3) is 0 Å². The number of carbonyl (C=O) groups excluding carboxylic acids is 1. The van der Waals surface area contributed by atoms with Crippen molar-refractivity contribution in [2.24, 2.45) is 0 Å². The first-order valence-electron chi connectivity index (χ1n) is 8.45. The van der Waals surface area contributed by atoms with Crippen molar-refractivity contribution in [1.29, 1.82) is 0 Å². The Morgan fingerprint density at radius 1 is 1.17 bits per heavy atom. The summed E-state index contributed by atoms with van der Waals surface area (Å²) in [6.45, 7) is 2.13. The maximum atomic E-state index is 13.2. The Bertz CT molecular complexity index is 1150. The van der Waals surface area contributed by atoms with Gasteiger partial charge in [-0.15, -0.1) is 11.3 Å². The van der Waals surface area contributed by atoms with E-state index in [0.29, 0.717) is 6.54 Å². The van der Waals surface area contributed by atoms with Crippen molar-refractivity contribution >= 4 is 38.9 Å². The molecular formula is C17H16ClFN6O3S2. The third-order valence-electron chi connectivity index (χ3n) is 3.72. The van der Waals surface area contributed by atoms with E-state index in [0.717, 1.165) is 28.1 Å². The summed E-state index contributed by atoms with van der Waals surface area (Å²) in [6, 6.07) is 3.08. The van der Waals surface area contributed by atoms with Crippen molar-refractivity contribution in [3.63, 3.8) is 0 Å². The van der Waals surface area contributed by atoms with E-state index in [1.807, 2.05) is 6.92 Å². The van der Waals surface area contributed by atoms with Crippen LogP contribution in [0, 0.1) is 12.7 Å². The average molecular weight is 471 g/mol. The minimum atomic E-state index is -3.92. The first-order chi connectivity index (χ1) is 14.2. The van der Waals surface area contributed by atoms with Gasteiger partial charge in [-0.3, -0.25) is 15.2 Å². The molecule has 1 amide bonds. The number of aromatic nitrogens is 3. The molecule has 13 heteroatoms. The number of nitrogens with zero attached hydrogens (tertiary/aromatic N) is 3. The predicted molar refractivity (Wildman–Crippen MR) is 109 cm³/mol. The zero-order valence-electron chi connectivity index (χ0n) is 15.5. The molecule has 0 spiro atoms. The van der Waals surface area contributed by atoms with Gasteiger partial charge in [-0.2, -0.15) is 0 Å². The smallest absolute Gasteiger partial charge is 0.285 e. The minimum absolute atomic E-state index is 0.0555. The first kappa shape index (κ1) is 22.2. The van der Waals surface area contributed by atoms with E-state index in [1.54, 1.807) is 6.20 Å². The number of rotatable bonds is 8. The molecule has 1 aromatic carbocycles. The van der Waals surface area contributed by atoms with Crippen molar-refractivity contribution in [2.45, 2.75) is 24.9 Å². The number of carbonyl (C=O) groups is 1. The minimum Gasteiger partial charge on any atom is -0.286 e. The molecule has 2 heterocycles. The number of thiazole rings is 1. The van der Waals surface area contributed by atoms with Crippen molar-refractivity contribution in [3.05, 3.63) is 68.9 Å². The molecule has 0 bridgehead atoms. The maximum Gasteiger partial charge on any atom is 0.285 e. The number of hydrogen-bond acceptors (Lipinski definition) is 8. The molecule has 9 nitrogen and oxygen atoms in total. The summed E-state index contributed by atoms with van der Waals surface area (Å²) in [4.78, 5) is 25.0. The molecule has 0 fully saturated rings. The van der Waals surface area contributed by atoms with E-state index < -0.39 is 21.7 Å². The topological polar surface area (TPSA) is 126 Å². The molecule has 0 atom stereocenters. The molecule has 3 N–H and O–H groups in total. The lowest BCUT2D eigenvalue weighted by molar-refractivity contribution is 0.0927. The van der Waals surface area contributed by atoms with E-state index in [1.165, 1.54) is 23.7 Å². The van der Waals surface area contributed by atoms with E-state index in [-0.39, 0.29) is 27.9 Å². The molecule has 0 aliphatic heterocycles. The first-order valence-corrected chi connectivity index (χ1v) is 11.1. The van der Waals surface area contributed by atoms with Gasteiger partial charge in [-0.25, -0.2) is 32.9 Å². The van der Waals surface area contributed by atoms with Crippen LogP contribution in [0.2, 0.25) is 5.02 Å². The summed E-state index contributed by atoms with van der Waals surface area (Å²) in [5, 5.41) is 0.629. The fourth-order valence-electron chi connectivity index (χ4n) is 2.22. The van der Waals surface area contributed by atoms with Gasteiger partial charge in [0, 0.05) is 11.1 Å². The van der Waals surface area contributed by atoms with Crippen molar-refractivity contribution in [3.8, 4) is 0 Å². The van der Waals surface area contributed by atoms with E-state index in [2.05, 4.69) is 30.5 Å². The van der Waals surface area contributed by atoms with Crippen LogP contribution < -0.4 is 15.6 Å². The van der Waals surface area contributed by atoms with Crippen LogP contribution >= 0.6 is 22.9 Å². The molecule has 0 radical (unpaired) electrons. The lowest BCUT2D eigenvalue weighted by Gasteiger charge is -2.08. The highest BCUT2D eigenvalue weighted by atomic mass is 35.5. The number of benzene rings is 1. The number of amides is 1. The Labute approximate surface area is 180 Å². The SMILES string of the molecule is Cc1ncc(CNNC(=O)c2cnc(CNS(=O)(=O)c3ccc(F)c(Cl)c3)cn2)s1. The normalized spacial score (nSPS) is 11.4. The van der Waals surface area contributed by atoms with Crippen LogP contribution in [0.3, 0.4) is 0 Å². The summed E-state index contributed by atoms with van der Waals surface area (Å²) in [5.41, 5.74) is 5.61. The third-order valence-corrected chi connectivity index (χ3v) is 6.32. The highest BCUT2D eigenvalue weighted by Gasteiger charge is 2.16. The molecule has 0 aliphatic carbocycles. The summed E-state index contributed by atoms with van der Waals surface area (Å²) in [6.07, 6.45) is 4.22. The quantitative estimate of drug-likeness (QED) is 0.429. The Morgan fingerprint density at radius 2 is 1.97 bits per heavy atom. The largest absolute Gasteiger partial charge is 0.286 e. The van der Waals surface area contributed by atoms with Gasteiger partial charge < -0.3 is 0 Å². The molecule has 0 saturated carbocycles. The molecule has 30 heavy (non-hydrogen) atoms. The van der Waals surface area contributed by atoms with Crippen LogP contribution in [0.1, 0.15) is 26.1 Å². The lowest BCUT2D eigenvalue weighted by atomic mass is 10.3. The highest BCUT2D eigenvalue weighted by molar-refractivity contribution is 7.89. The molecule has 158 valence electrons. The van der Waals surface area contributed by atoms with E-state index in [9.17, 15) is 17.6 Å². The molecule has 0 aliphatic rings. The van der Waals surface area contributed by atoms with Gasteiger partial charge in [0.25, 0.3) is 5.91 Å². The number of sulfonamides is 1. The Hall–Kier alpha value is -2.51. The second kappa shape index (κ2) is 9.53. The Kier molecular flexibility index (Phi) is 7.05. The fourth-order valence-corrected chi connectivity index (χ4v) is 4.23. The monoisotopic (exact) mass is 470 g/mol. The highest BCUT2D eigenvalue weighted by Crippen LogP contribution is 2.19. The van der Waals surface area contributed by atoms with Crippen LogP contribution in [0.15, 0.2) is 41.7 Å². The zero-order valence-corrected chi connectivity index (χ0v) is 17.9. The van der Waals surface area contributed by atoms with Gasteiger partial charge in [-0.05, 0) is 25.1 Å². The van der Waals surface area contributed by atoms with Crippen LogP contribution in [0.5, 0.6) is 0 Å². The van der Waals surface area contributed by atoms with Gasteiger partial charge in [0.1, 0.15) is 11.5 Å². The summed E-state index contributed by atoms with van der Waals surface area (Å²) >= 11 is 7.13. The van der Waals surface area contributed by atoms with Gasteiger partial charge in [0.05, 0.1) is 46.1 Å². The predicted octanol–water partition coefficient (Wildman–Crippen LogP) is 1.95. The van der Waals surface area contributed by atoms with Crippen molar-refractivity contribution < 1.29 is 17.6 Å². The molecule has 3 rings (SSSR count). The zero-order chi connectivity index (χ0) is 21.7. The number of nitrogens with one attached hydrogen (secondary N) is 3. The molecule has 3 aromatic rings. The molecular weight excluding hydrogens is 455 g/mol. The standard InChI is InChI=1S/C17H16ClFN6O3S2/c1-10-20-7-12(29-10)8-23-25-17(26)16-9-21-11(5-22-16)6-24-30(27,28)13-2-3-15(19)14(18)4-13/h2-5,7,9,23-24H,6,8H2,1H3,(H,25,26). The fraction of sp³-hybridized carbons (Fsp3) is 0.176. The van der Waals surface area contributed by atoms with E-state index >= 15 is 0 Å². The van der Waals surface area contributed by atoms with Crippen molar-refractivity contribution in [1.82, 2.24) is 30.5 Å². The summed E-state index contributed by atoms with van der Waals surface area (Å²) in [7, 11) is -3.92. The van der Waals surface area contributed by atoms with Gasteiger partial charge in [-0.1, -0.05) is 11.6 Å². The second-order valence-corrected chi connectivity index (χ2v) is 9.44. The Morgan fingerprint density at radius 3 is 2.60 bits per heavy atom. The number of hydrogen-bond donors (Lipinski definition) is 3. The van der Waals surface area contributed by atoms with Gasteiger partial charge >= 0.3 is 0 Å². The number of hydrazine groups is 1. The number of halogens is 2. The molecule has 2 aromatic heterocycles. The van der Waals surface area contributed by atoms with Crippen LogP contribution in [-0.4, -0.2) is 29.3 Å². The summed E-state index contributed by atoms with van der Waals surface area (Å²) < 4.78 is 40.0. The lowest BCUT2D eigenvalue weighted by Crippen LogP contribution is -2.37. The third kappa shape index (κ3) is 5.77. The Balaban J connectivity index is 1.53. The molecule has 0 saturated heterocycles. The average Bonchev–Trinajstić information content (AvgIpc) is 3.14. The molecule has 0 unspecified atom stereocenters. The second-order valence-electron chi connectivity index (χ2n) is 5.95. The van der Waals surface area contributed by atoms with Crippen LogP contribution in [-0.2, 0) is 23.1 Å². The maximum absolute atomic E-state index is 13.2. The van der Waals surface area contributed by atoms with Gasteiger partial charge in [0.2, 0.25) is 10.0 Å². The van der Waals surface area contributed by atoms with Crippen molar-refractivity contribution in [2.75, 3.05) is 0 Å². The van der Waals surface area contributed by atoms with Gasteiger partial charge in [0.15, 0.2) is 0 Å². The number of aryl methyl sites for hydroxylation is 1. The summed E-state index contributed by atoms with van der Waals surface area (Å²) in [5.74, 6) is -1.20. The van der Waals surface area contributed by atoms with Crippen LogP contribution in [0.4, 0.5) is 4.39 Å².